The molecule has 0 N–H and O–H groups in total. The van der Waals surface area contributed by atoms with Crippen LogP contribution in [-0.2, 0) is 6.42 Å². The molecule has 1 aliphatic carbocycles. The summed E-state index contributed by atoms with van der Waals surface area (Å²) < 4.78 is 14.0. The van der Waals surface area contributed by atoms with E-state index in [9.17, 15) is 4.39 Å². The molecule has 2 rings (SSSR count). The average molecular weight is 240 g/mol. The van der Waals surface area contributed by atoms with Crippen molar-refractivity contribution in [2.24, 2.45) is 0 Å². The first kappa shape index (κ1) is 8.71. The fraction of sp³-hybridized carbons (Fsp3) is 0.300. The van der Waals surface area contributed by atoms with E-state index in [1.165, 1.54) is 6.07 Å². The molecular weight excluding hydrogens is 233 g/mol. The second-order valence-corrected chi connectivity index (χ2v) is 4.09. The molecule has 0 saturated carbocycles. The second-order valence-electron chi connectivity index (χ2n) is 3.18. The molecule has 0 aliphatic heterocycles. The molecule has 1 aromatic rings. The van der Waals surface area contributed by atoms with Crippen LogP contribution >= 0.6 is 15.9 Å². The van der Waals surface area contributed by atoms with Crippen molar-refractivity contribution < 1.29 is 4.39 Å². The smallest absolute Gasteiger partial charge is 0.127 e. The largest absolute Gasteiger partial charge is 0.207 e. The van der Waals surface area contributed by atoms with Gasteiger partial charge in [0.2, 0.25) is 0 Å². The third-order valence-electron chi connectivity index (χ3n) is 2.41. The molecule has 1 aliphatic rings. The zero-order valence-electron chi connectivity index (χ0n) is 6.85. The van der Waals surface area contributed by atoms with Gasteiger partial charge in [-0.2, -0.15) is 5.26 Å². The summed E-state index contributed by atoms with van der Waals surface area (Å²) in [5.41, 5.74) is 1.57. The van der Waals surface area contributed by atoms with Gasteiger partial charge in [0.15, 0.2) is 0 Å². The number of halogens is 2. The van der Waals surface area contributed by atoms with E-state index in [4.69, 9.17) is 5.26 Å². The SMILES string of the molecule is N#CC1CCc2c(F)cc(Br)cc21. The fourth-order valence-corrected chi connectivity index (χ4v) is 2.22. The van der Waals surface area contributed by atoms with Crippen LogP contribution in [0.4, 0.5) is 4.39 Å². The van der Waals surface area contributed by atoms with Crippen molar-refractivity contribution in [3.63, 3.8) is 0 Å². The molecule has 0 spiro atoms. The van der Waals surface area contributed by atoms with Crippen molar-refractivity contribution in [1.82, 2.24) is 0 Å². The van der Waals surface area contributed by atoms with E-state index in [1.54, 1.807) is 0 Å². The molecule has 1 aromatic carbocycles. The Labute approximate surface area is 84.3 Å². The zero-order chi connectivity index (χ0) is 9.42. The van der Waals surface area contributed by atoms with E-state index in [1.807, 2.05) is 6.07 Å². The van der Waals surface area contributed by atoms with Crippen LogP contribution in [0.2, 0.25) is 0 Å². The summed E-state index contributed by atoms with van der Waals surface area (Å²) in [5.74, 6) is -0.316. The normalized spacial score (nSPS) is 19.6. The highest BCUT2D eigenvalue weighted by atomic mass is 79.9. The molecule has 0 saturated heterocycles. The Bertz CT molecular complexity index is 395. The minimum atomic E-state index is -0.192. The number of nitriles is 1. The van der Waals surface area contributed by atoms with Crippen molar-refractivity contribution >= 4 is 15.9 Å². The van der Waals surface area contributed by atoms with Crippen LogP contribution in [0.3, 0.4) is 0 Å². The quantitative estimate of drug-likeness (QED) is 0.683. The topological polar surface area (TPSA) is 23.8 Å². The minimum absolute atomic E-state index is 0.123. The summed E-state index contributed by atoms with van der Waals surface area (Å²) in [4.78, 5) is 0. The lowest BCUT2D eigenvalue weighted by molar-refractivity contribution is 0.612. The molecule has 1 nitrogen and oxygen atoms in total. The first-order chi connectivity index (χ1) is 6.22. The van der Waals surface area contributed by atoms with Gasteiger partial charge in [0, 0.05) is 4.47 Å². The van der Waals surface area contributed by atoms with E-state index in [0.717, 1.165) is 17.5 Å². The first-order valence-corrected chi connectivity index (χ1v) is 4.89. The van der Waals surface area contributed by atoms with Crippen LogP contribution in [0.25, 0.3) is 0 Å². The first-order valence-electron chi connectivity index (χ1n) is 4.10. The van der Waals surface area contributed by atoms with Crippen molar-refractivity contribution in [3.8, 4) is 6.07 Å². The molecule has 13 heavy (non-hydrogen) atoms. The maximum Gasteiger partial charge on any atom is 0.127 e. The lowest BCUT2D eigenvalue weighted by atomic mass is 10.0. The van der Waals surface area contributed by atoms with E-state index < -0.39 is 0 Å². The third-order valence-corrected chi connectivity index (χ3v) is 2.87. The average Bonchev–Trinajstić information content (AvgIpc) is 2.47. The lowest BCUT2D eigenvalue weighted by Crippen LogP contribution is -1.91. The molecule has 0 heterocycles. The lowest BCUT2D eigenvalue weighted by Gasteiger charge is -2.03. The second kappa shape index (κ2) is 3.12. The number of benzene rings is 1. The fourth-order valence-electron chi connectivity index (χ4n) is 1.78. The predicted octanol–water partition coefficient (Wildman–Crippen LogP) is 3.14. The van der Waals surface area contributed by atoms with Crippen LogP contribution < -0.4 is 0 Å². The van der Waals surface area contributed by atoms with Gasteiger partial charge in [0.25, 0.3) is 0 Å². The van der Waals surface area contributed by atoms with E-state index >= 15 is 0 Å². The van der Waals surface area contributed by atoms with Crippen molar-refractivity contribution in [2.75, 3.05) is 0 Å². The molecule has 1 atom stereocenters. The van der Waals surface area contributed by atoms with Crippen LogP contribution in [-0.4, -0.2) is 0 Å². The summed E-state index contributed by atoms with van der Waals surface area (Å²) in [5, 5.41) is 8.81. The number of fused-ring (bicyclic) bond motifs is 1. The van der Waals surface area contributed by atoms with Crippen molar-refractivity contribution in [3.05, 3.63) is 33.5 Å². The molecule has 0 bridgehead atoms. The van der Waals surface area contributed by atoms with Gasteiger partial charge in [-0.05, 0) is 36.1 Å². The molecule has 0 amide bonds. The molecule has 3 heteroatoms. The predicted molar refractivity (Wildman–Crippen MR) is 50.8 cm³/mol. The molecule has 0 radical (unpaired) electrons. The zero-order valence-corrected chi connectivity index (χ0v) is 8.44. The molecule has 0 aromatic heterocycles. The van der Waals surface area contributed by atoms with Gasteiger partial charge in [-0.15, -0.1) is 0 Å². The van der Waals surface area contributed by atoms with Crippen LogP contribution in [0.1, 0.15) is 23.5 Å². The Morgan fingerprint density at radius 2 is 2.31 bits per heavy atom. The van der Waals surface area contributed by atoms with Gasteiger partial charge in [-0.1, -0.05) is 15.9 Å². The Balaban J connectivity index is 2.59. The van der Waals surface area contributed by atoms with Gasteiger partial charge in [0.05, 0.1) is 12.0 Å². The standard InChI is InChI=1S/C10H7BrFN/c11-7-3-9-6(5-13)1-2-8(9)10(12)4-7/h3-4,6H,1-2H2. The van der Waals surface area contributed by atoms with Gasteiger partial charge in [-0.25, -0.2) is 4.39 Å². The summed E-state index contributed by atoms with van der Waals surface area (Å²) in [6, 6.07) is 5.49. The van der Waals surface area contributed by atoms with Crippen molar-refractivity contribution in [2.45, 2.75) is 18.8 Å². The third kappa shape index (κ3) is 1.36. The number of hydrogen-bond donors (Lipinski definition) is 0. The van der Waals surface area contributed by atoms with E-state index in [0.29, 0.717) is 10.9 Å². The van der Waals surface area contributed by atoms with Gasteiger partial charge in [0.1, 0.15) is 5.82 Å². The Morgan fingerprint density at radius 3 is 3.00 bits per heavy atom. The highest BCUT2D eigenvalue weighted by molar-refractivity contribution is 9.10. The van der Waals surface area contributed by atoms with Crippen LogP contribution in [0, 0.1) is 17.1 Å². The summed E-state index contributed by atoms with van der Waals surface area (Å²) in [6.07, 6.45) is 1.44. The number of rotatable bonds is 0. The van der Waals surface area contributed by atoms with E-state index in [2.05, 4.69) is 22.0 Å². The van der Waals surface area contributed by atoms with Gasteiger partial charge >= 0.3 is 0 Å². The summed E-state index contributed by atoms with van der Waals surface area (Å²) >= 11 is 3.22. The number of nitrogens with zero attached hydrogens (tertiary/aromatic N) is 1. The van der Waals surface area contributed by atoms with Crippen LogP contribution in [0.5, 0.6) is 0 Å². The minimum Gasteiger partial charge on any atom is -0.207 e. The molecular formula is C10H7BrFN. The Morgan fingerprint density at radius 1 is 1.54 bits per heavy atom. The highest BCUT2D eigenvalue weighted by Crippen LogP contribution is 2.35. The Hall–Kier alpha value is -0.880. The highest BCUT2D eigenvalue weighted by Gasteiger charge is 2.25. The molecule has 0 fully saturated rings. The van der Waals surface area contributed by atoms with E-state index in [-0.39, 0.29) is 11.7 Å². The maximum absolute atomic E-state index is 13.3. The molecule has 66 valence electrons. The van der Waals surface area contributed by atoms with Gasteiger partial charge < -0.3 is 0 Å². The number of hydrogen-bond acceptors (Lipinski definition) is 1. The Kier molecular flexibility index (Phi) is 2.09. The van der Waals surface area contributed by atoms with Gasteiger partial charge in [-0.3, -0.25) is 0 Å². The van der Waals surface area contributed by atoms with Crippen molar-refractivity contribution in [1.29, 1.82) is 5.26 Å². The molecule has 1 unspecified atom stereocenters. The summed E-state index contributed by atoms with van der Waals surface area (Å²) in [6.45, 7) is 0. The summed E-state index contributed by atoms with van der Waals surface area (Å²) in [7, 11) is 0. The maximum atomic E-state index is 13.3. The monoisotopic (exact) mass is 239 g/mol. The van der Waals surface area contributed by atoms with Crippen LogP contribution in [0.15, 0.2) is 16.6 Å².